The molecule has 0 heterocycles. The monoisotopic (exact) mass is 382 g/mol. The third-order valence-electron chi connectivity index (χ3n) is 0.885. The number of carbonyl (C=O) groups excluding carboxylic acids is 1. The first-order valence-electron chi connectivity index (χ1n) is 2.76. The molecular weight excluding hydrogens is 373 g/mol. The Morgan fingerprint density at radius 3 is 2.40 bits per heavy atom. The largest absolute Gasteiger partial charge is 0 e. The Morgan fingerprint density at radius 1 is 1.60 bits per heavy atom. The summed E-state index contributed by atoms with van der Waals surface area (Å²) in [5.74, 6) is 0.560. The van der Waals surface area contributed by atoms with Crippen molar-refractivity contribution in [1.82, 2.24) is 0 Å². The van der Waals surface area contributed by atoms with Gasteiger partial charge in [-0.3, -0.25) is 0 Å². The maximum atomic E-state index is 9.72. The van der Waals surface area contributed by atoms with Gasteiger partial charge in [0.15, 0.2) is 0 Å². The Balaban J connectivity index is 0. The van der Waals surface area contributed by atoms with E-state index >= 15 is 0 Å². The van der Waals surface area contributed by atoms with E-state index in [0.717, 1.165) is 0 Å². The fourth-order valence-corrected chi connectivity index (χ4v) is 0.553. The molecule has 0 aliphatic carbocycles. The molecule has 0 bridgehead atoms. The first-order chi connectivity index (χ1) is 4.18. The summed E-state index contributed by atoms with van der Waals surface area (Å²) in [6, 6.07) is 0. The van der Waals surface area contributed by atoms with Crippen molar-refractivity contribution in [2.45, 2.75) is 13.8 Å². The third-order valence-corrected chi connectivity index (χ3v) is 3.07. The minimum Gasteiger partial charge on any atom is 0 e. The SMILES string of the molecule is CC(C)[C](=[W])/C=C\[C-]=O.[Y]. The molecule has 1 radical (unpaired) electrons. The topological polar surface area (TPSA) is 17.1 Å². The minimum absolute atomic E-state index is 0. The van der Waals surface area contributed by atoms with E-state index in [1.165, 1.54) is 29.3 Å². The molecule has 0 N–H and O–H groups in total. The smallest absolute Gasteiger partial charge is 0 e. The van der Waals surface area contributed by atoms with Gasteiger partial charge in [-0.15, -0.1) is 0 Å². The summed E-state index contributed by atoms with van der Waals surface area (Å²) in [4.78, 5) is 9.72. The first-order valence-corrected chi connectivity index (χ1v) is 4.23. The molecule has 0 aromatic carbocycles. The van der Waals surface area contributed by atoms with E-state index in [9.17, 15) is 4.79 Å². The van der Waals surface area contributed by atoms with Crippen molar-refractivity contribution in [2.75, 3.05) is 0 Å². The van der Waals surface area contributed by atoms with Gasteiger partial charge in [0, 0.05) is 32.7 Å². The Morgan fingerprint density at radius 2 is 2.10 bits per heavy atom. The second kappa shape index (κ2) is 8.17. The molecule has 0 unspecified atom stereocenters. The van der Waals surface area contributed by atoms with Gasteiger partial charge in [0.1, 0.15) is 0 Å². The van der Waals surface area contributed by atoms with E-state index < -0.39 is 0 Å². The molecule has 3 heteroatoms. The van der Waals surface area contributed by atoms with Gasteiger partial charge in [-0.25, -0.2) is 0 Å². The van der Waals surface area contributed by atoms with Crippen LogP contribution in [0.1, 0.15) is 13.8 Å². The number of hydrogen-bond donors (Lipinski definition) is 0. The molecule has 0 amide bonds. The van der Waals surface area contributed by atoms with E-state index in [2.05, 4.69) is 13.8 Å². The molecule has 0 fully saturated rings. The van der Waals surface area contributed by atoms with Gasteiger partial charge < -0.3 is 0 Å². The van der Waals surface area contributed by atoms with Crippen molar-refractivity contribution in [3.63, 3.8) is 0 Å². The van der Waals surface area contributed by atoms with E-state index in [4.69, 9.17) is 0 Å². The van der Waals surface area contributed by atoms with E-state index in [1.807, 2.05) is 6.08 Å². The molecule has 0 aromatic heterocycles. The summed E-state index contributed by atoms with van der Waals surface area (Å²) in [7, 11) is 0. The standard InChI is InChI=1S/C7H9O.W.Y/c1-7(2)5-3-4-6-8;;/h3-4,7H,1-2H3;;/q-1;;/b4-3-;;. The average molecular weight is 382 g/mol. The molecule has 1 nitrogen and oxygen atoms in total. The van der Waals surface area contributed by atoms with Crippen molar-refractivity contribution in [3.05, 3.63) is 12.2 Å². The molecule has 0 atom stereocenters. The van der Waals surface area contributed by atoms with Crippen LogP contribution in [0.2, 0.25) is 0 Å². The van der Waals surface area contributed by atoms with Crippen LogP contribution in [0.4, 0.5) is 0 Å². The number of allylic oxidation sites excluding steroid dienone is 2. The van der Waals surface area contributed by atoms with Crippen LogP contribution >= 0.6 is 0 Å². The van der Waals surface area contributed by atoms with Crippen molar-refractivity contribution in [2.24, 2.45) is 5.92 Å². The van der Waals surface area contributed by atoms with Gasteiger partial charge in [0.25, 0.3) is 0 Å². The predicted octanol–water partition coefficient (Wildman–Crippen LogP) is 1.02. The quantitative estimate of drug-likeness (QED) is 0.527. The van der Waals surface area contributed by atoms with Crippen LogP contribution in [-0.2, 0) is 56.9 Å². The molecule has 0 saturated heterocycles. The van der Waals surface area contributed by atoms with Gasteiger partial charge >= 0.3 is 66.2 Å². The Kier molecular flexibility index (Phi) is 11.2. The van der Waals surface area contributed by atoms with E-state index in [0.29, 0.717) is 5.92 Å². The zero-order valence-corrected chi connectivity index (χ0v) is 11.9. The molecule has 0 aliphatic heterocycles. The molecule has 0 spiro atoms. The fraction of sp³-hybridized carbons (Fsp3) is 0.429. The second-order valence-electron chi connectivity index (χ2n) is 2.01. The van der Waals surface area contributed by atoms with Crippen LogP contribution in [0.15, 0.2) is 12.2 Å². The van der Waals surface area contributed by atoms with Crippen LogP contribution in [0, 0.1) is 5.92 Å². The van der Waals surface area contributed by atoms with Gasteiger partial charge in [-0.05, 0) is 0 Å². The van der Waals surface area contributed by atoms with Crippen molar-refractivity contribution >= 4 is 10.2 Å². The molecule has 53 valence electrons. The van der Waals surface area contributed by atoms with Crippen LogP contribution in [-0.4, -0.2) is 10.2 Å². The third kappa shape index (κ3) is 7.18. The molecule has 10 heavy (non-hydrogen) atoms. The Hall–Kier alpha value is 1.07. The zero-order chi connectivity index (χ0) is 7.28. The minimum atomic E-state index is 0. The van der Waals surface area contributed by atoms with Gasteiger partial charge in [-0.2, -0.15) is 0 Å². The van der Waals surface area contributed by atoms with E-state index in [1.54, 1.807) is 6.29 Å². The van der Waals surface area contributed by atoms with E-state index in [-0.39, 0.29) is 32.7 Å². The fourth-order valence-electron chi connectivity index (χ4n) is 0.309. The van der Waals surface area contributed by atoms with Crippen LogP contribution in [0.25, 0.3) is 0 Å². The van der Waals surface area contributed by atoms with Crippen molar-refractivity contribution in [1.29, 1.82) is 0 Å². The summed E-state index contributed by atoms with van der Waals surface area (Å²) in [6.07, 6.45) is 4.96. The van der Waals surface area contributed by atoms with Crippen molar-refractivity contribution in [3.8, 4) is 0 Å². The normalized spacial score (nSPS) is 9.50. The van der Waals surface area contributed by atoms with Gasteiger partial charge in [0.05, 0.1) is 0 Å². The molecule has 0 rings (SSSR count). The number of hydrogen-bond acceptors (Lipinski definition) is 1. The number of rotatable bonds is 3. The summed E-state index contributed by atoms with van der Waals surface area (Å²) in [6.45, 7) is 4.22. The molecule has 0 aromatic rings. The maximum Gasteiger partial charge on any atom is 0 e. The van der Waals surface area contributed by atoms with Crippen molar-refractivity contribution < 1.29 is 56.9 Å². The second-order valence-corrected chi connectivity index (χ2v) is 3.70. The van der Waals surface area contributed by atoms with Crippen LogP contribution in [0.5, 0.6) is 0 Å². The Bertz CT molecular complexity index is 141. The molecular formula is C7H9OWY-. The van der Waals surface area contributed by atoms with Gasteiger partial charge in [-0.1, -0.05) is 0 Å². The molecule has 0 saturated carbocycles. The summed E-state index contributed by atoms with van der Waals surface area (Å²) >= 11 is 1.42. The van der Waals surface area contributed by atoms with Crippen LogP contribution in [0.3, 0.4) is 0 Å². The zero-order valence-electron chi connectivity index (χ0n) is 6.13. The summed E-state index contributed by atoms with van der Waals surface area (Å²) in [5, 5.41) is 0. The Labute approximate surface area is 97.9 Å². The molecule has 0 aliphatic rings. The maximum absolute atomic E-state index is 9.72. The predicted molar refractivity (Wildman–Crippen MR) is 34.7 cm³/mol. The summed E-state index contributed by atoms with van der Waals surface area (Å²) in [5.41, 5.74) is 0. The first kappa shape index (κ1) is 13.6. The summed E-state index contributed by atoms with van der Waals surface area (Å²) < 4.78 is 1.29. The van der Waals surface area contributed by atoms with Gasteiger partial charge in [0.2, 0.25) is 0 Å². The van der Waals surface area contributed by atoms with Crippen LogP contribution < -0.4 is 0 Å². The average Bonchev–Trinajstić information content (AvgIpc) is 1.82.